The Morgan fingerprint density at radius 3 is 2.94 bits per heavy atom. The quantitative estimate of drug-likeness (QED) is 0.864. The van der Waals surface area contributed by atoms with Gasteiger partial charge in [0.2, 0.25) is 0 Å². The van der Waals surface area contributed by atoms with Gasteiger partial charge in [-0.2, -0.15) is 0 Å². The lowest BCUT2D eigenvalue weighted by atomic mass is 10.1. The average molecular weight is 239 g/mol. The summed E-state index contributed by atoms with van der Waals surface area (Å²) in [5.74, 6) is 0.939. The Balaban J connectivity index is 1.70. The van der Waals surface area contributed by atoms with E-state index in [9.17, 15) is 0 Å². The largest absolute Gasteiger partial charge is 0.366 e. The highest BCUT2D eigenvalue weighted by Gasteiger charge is 2.09. The average Bonchev–Trinajstić information content (AvgIpc) is 2.84. The molecule has 0 fully saturated rings. The number of pyridine rings is 1. The van der Waals surface area contributed by atoms with E-state index in [0.29, 0.717) is 0 Å². The SMILES string of the molecule is Cc1ccnc(NCc2ccc3c(c2)CNC3)c1. The number of nitrogens with zero attached hydrogens (tertiary/aromatic N) is 1. The van der Waals surface area contributed by atoms with E-state index in [1.165, 1.54) is 22.3 Å². The van der Waals surface area contributed by atoms with Crippen molar-refractivity contribution in [2.24, 2.45) is 0 Å². The molecule has 2 aromatic rings. The van der Waals surface area contributed by atoms with E-state index in [-0.39, 0.29) is 0 Å². The molecule has 0 atom stereocenters. The third-order valence-corrected chi connectivity index (χ3v) is 3.29. The predicted molar refractivity (Wildman–Crippen MR) is 73.3 cm³/mol. The van der Waals surface area contributed by atoms with Gasteiger partial charge in [0.05, 0.1) is 0 Å². The summed E-state index contributed by atoms with van der Waals surface area (Å²) in [6, 6.07) is 10.8. The van der Waals surface area contributed by atoms with Gasteiger partial charge in [-0.25, -0.2) is 4.98 Å². The maximum Gasteiger partial charge on any atom is 0.126 e. The van der Waals surface area contributed by atoms with Crippen molar-refractivity contribution in [2.45, 2.75) is 26.6 Å². The monoisotopic (exact) mass is 239 g/mol. The van der Waals surface area contributed by atoms with Crippen LogP contribution >= 0.6 is 0 Å². The molecule has 1 aromatic heterocycles. The molecule has 3 nitrogen and oxygen atoms in total. The second-order valence-corrected chi connectivity index (χ2v) is 4.78. The van der Waals surface area contributed by atoms with Crippen LogP contribution in [0.4, 0.5) is 5.82 Å². The van der Waals surface area contributed by atoms with Gasteiger partial charge >= 0.3 is 0 Å². The van der Waals surface area contributed by atoms with Gasteiger partial charge in [-0.1, -0.05) is 18.2 Å². The second-order valence-electron chi connectivity index (χ2n) is 4.78. The number of hydrogen-bond donors (Lipinski definition) is 2. The van der Waals surface area contributed by atoms with Gasteiger partial charge in [0.1, 0.15) is 5.82 Å². The summed E-state index contributed by atoms with van der Waals surface area (Å²) >= 11 is 0. The fourth-order valence-corrected chi connectivity index (χ4v) is 2.28. The van der Waals surface area contributed by atoms with Gasteiger partial charge in [-0.15, -0.1) is 0 Å². The Morgan fingerprint density at radius 1 is 1.17 bits per heavy atom. The van der Waals surface area contributed by atoms with Gasteiger partial charge in [-0.3, -0.25) is 0 Å². The highest BCUT2D eigenvalue weighted by molar-refractivity contribution is 5.40. The van der Waals surface area contributed by atoms with Crippen LogP contribution in [0.1, 0.15) is 22.3 Å². The molecule has 0 unspecified atom stereocenters. The van der Waals surface area contributed by atoms with Gasteiger partial charge in [0, 0.05) is 25.8 Å². The zero-order chi connectivity index (χ0) is 12.4. The Bertz CT molecular complexity index is 563. The van der Waals surface area contributed by atoms with E-state index in [1.54, 1.807) is 0 Å². The molecule has 1 aromatic carbocycles. The van der Waals surface area contributed by atoms with Crippen molar-refractivity contribution in [1.82, 2.24) is 10.3 Å². The molecule has 0 bridgehead atoms. The molecule has 3 heteroatoms. The summed E-state index contributed by atoms with van der Waals surface area (Å²) in [5.41, 5.74) is 5.38. The van der Waals surface area contributed by atoms with Crippen molar-refractivity contribution in [1.29, 1.82) is 0 Å². The van der Waals surface area contributed by atoms with E-state index in [0.717, 1.165) is 25.5 Å². The maximum absolute atomic E-state index is 4.30. The van der Waals surface area contributed by atoms with Crippen LogP contribution in [0, 0.1) is 6.92 Å². The van der Waals surface area contributed by atoms with Gasteiger partial charge in [-0.05, 0) is 41.3 Å². The van der Waals surface area contributed by atoms with Gasteiger partial charge in [0.25, 0.3) is 0 Å². The number of aromatic nitrogens is 1. The molecule has 18 heavy (non-hydrogen) atoms. The molecule has 0 radical (unpaired) electrons. The fraction of sp³-hybridized carbons (Fsp3) is 0.267. The third kappa shape index (κ3) is 2.36. The summed E-state index contributed by atoms with van der Waals surface area (Å²) < 4.78 is 0. The molecule has 0 amide bonds. The van der Waals surface area contributed by atoms with Crippen molar-refractivity contribution in [3.8, 4) is 0 Å². The van der Waals surface area contributed by atoms with E-state index in [1.807, 2.05) is 12.3 Å². The normalized spacial score (nSPS) is 13.4. The van der Waals surface area contributed by atoms with Crippen molar-refractivity contribution in [3.05, 3.63) is 58.8 Å². The first-order valence-corrected chi connectivity index (χ1v) is 6.29. The zero-order valence-corrected chi connectivity index (χ0v) is 10.5. The van der Waals surface area contributed by atoms with E-state index >= 15 is 0 Å². The Morgan fingerprint density at radius 2 is 2.06 bits per heavy atom. The highest BCUT2D eigenvalue weighted by atomic mass is 15.0. The number of benzene rings is 1. The van der Waals surface area contributed by atoms with Crippen molar-refractivity contribution in [2.75, 3.05) is 5.32 Å². The van der Waals surface area contributed by atoms with Crippen LogP contribution in [0.3, 0.4) is 0 Å². The summed E-state index contributed by atoms with van der Waals surface area (Å²) in [5, 5.41) is 6.72. The van der Waals surface area contributed by atoms with Crippen LogP contribution in [0.25, 0.3) is 0 Å². The third-order valence-electron chi connectivity index (χ3n) is 3.29. The lowest BCUT2D eigenvalue weighted by molar-refractivity contribution is 0.764. The van der Waals surface area contributed by atoms with Gasteiger partial charge in [0.15, 0.2) is 0 Å². The smallest absolute Gasteiger partial charge is 0.126 e. The van der Waals surface area contributed by atoms with Crippen molar-refractivity contribution >= 4 is 5.82 Å². The highest BCUT2D eigenvalue weighted by Crippen LogP contribution is 2.17. The number of nitrogens with one attached hydrogen (secondary N) is 2. The molecule has 2 N–H and O–H groups in total. The van der Waals surface area contributed by atoms with Crippen LogP contribution in [0.5, 0.6) is 0 Å². The number of rotatable bonds is 3. The zero-order valence-electron chi connectivity index (χ0n) is 10.5. The van der Waals surface area contributed by atoms with E-state index < -0.39 is 0 Å². The summed E-state index contributed by atoms with van der Waals surface area (Å²) in [6.07, 6.45) is 1.84. The number of hydrogen-bond acceptors (Lipinski definition) is 3. The Labute approximate surface area is 107 Å². The molecular formula is C15H17N3. The fourth-order valence-electron chi connectivity index (χ4n) is 2.28. The van der Waals surface area contributed by atoms with Crippen LogP contribution in [0.15, 0.2) is 36.5 Å². The molecule has 1 aliphatic heterocycles. The van der Waals surface area contributed by atoms with Crippen LogP contribution < -0.4 is 10.6 Å². The number of anilines is 1. The molecule has 2 heterocycles. The first-order valence-electron chi connectivity index (χ1n) is 6.29. The molecule has 0 spiro atoms. The topological polar surface area (TPSA) is 37.0 Å². The standard InChI is InChI=1S/C15H17N3/c1-11-4-5-17-15(6-11)18-8-12-2-3-13-9-16-10-14(13)7-12/h2-7,16H,8-10H2,1H3,(H,17,18). The molecular weight excluding hydrogens is 222 g/mol. The minimum atomic E-state index is 0.823. The van der Waals surface area contributed by atoms with E-state index in [2.05, 4.69) is 46.8 Å². The molecule has 92 valence electrons. The van der Waals surface area contributed by atoms with Gasteiger partial charge < -0.3 is 10.6 Å². The minimum Gasteiger partial charge on any atom is -0.366 e. The van der Waals surface area contributed by atoms with Crippen molar-refractivity contribution < 1.29 is 0 Å². The molecule has 3 rings (SSSR count). The van der Waals surface area contributed by atoms with E-state index in [4.69, 9.17) is 0 Å². The molecule has 0 aliphatic carbocycles. The first kappa shape index (κ1) is 11.2. The molecule has 0 saturated heterocycles. The lowest BCUT2D eigenvalue weighted by Gasteiger charge is -2.07. The minimum absolute atomic E-state index is 0.823. The van der Waals surface area contributed by atoms with Crippen LogP contribution in [-0.2, 0) is 19.6 Å². The number of fused-ring (bicyclic) bond motifs is 1. The Kier molecular flexibility index (Phi) is 2.99. The lowest BCUT2D eigenvalue weighted by Crippen LogP contribution is -2.02. The number of aryl methyl sites for hydroxylation is 1. The predicted octanol–water partition coefficient (Wildman–Crippen LogP) is 2.61. The van der Waals surface area contributed by atoms with Crippen LogP contribution in [0.2, 0.25) is 0 Å². The summed E-state index contributed by atoms with van der Waals surface area (Å²) in [7, 11) is 0. The first-order chi connectivity index (χ1) is 8.81. The maximum atomic E-state index is 4.30. The summed E-state index contributed by atoms with van der Waals surface area (Å²) in [6.45, 7) is 4.89. The Hall–Kier alpha value is -1.87. The van der Waals surface area contributed by atoms with Crippen molar-refractivity contribution in [3.63, 3.8) is 0 Å². The molecule has 0 saturated carbocycles. The van der Waals surface area contributed by atoms with Crippen LogP contribution in [-0.4, -0.2) is 4.98 Å². The second kappa shape index (κ2) is 4.78. The summed E-state index contributed by atoms with van der Waals surface area (Å²) in [4.78, 5) is 4.30. The molecule has 1 aliphatic rings.